The monoisotopic (exact) mass is 270 g/mol. The summed E-state index contributed by atoms with van der Waals surface area (Å²) in [5, 5.41) is 10.00. The molecule has 0 bridgehead atoms. The molecule has 1 fully saturated rings. The molecule has 1 saturated heterocycles. The second kappa shape index (κ2) is 5.22. The molecule has 0 aromatic rings. The van der Waals surface area contributed by atoms with Crippen LogP contribution in [-0.2, 0) is 23.7 Å². The van der Waals surface area contributed by atoms with Gasteiger partial charge in [0.05, 0.1) is 6.61 Å². The molecule has 0 amide bonds. The molecule has 0 radical (unpaired) electrons. The van der Waals surface area contributed by atoms with Crippen LogP contribution in [0.25, 0.3) is 0 Å². The minimum absolute atomic E-state index is 0.156. The number of hydrogen-bond acceptors (Lipinski definition) is 6. The SMILES string of the molecule is C/C=C/COC1=C(O)[C@@H]([C@@H]2COC(C)(C)O2)OC1=O. The highest BCUT2D eigenvalue weighted by atomic mass is 16.8. The van der Waals surface area contributed by atoms with Gasteiger partial charge in [0, 0.05) is 0 Å². The van der Waals surface area contributed by atoms with Crippen LogP contribution in [0.1, 0.15) is 20.8 Å². The molecule has 1 N–H and O–H groups in total. The van der Waals surface area contributed by atoms with Gasteiger partial charge in [0.25, 0.3) is 0 Å². The topological polar surface area (TPSA) is 74.2 Å². The fourth-order valence-corrected chi connectivity index (χ4v) is 1.94. The van der Waals surface area contributed by atoms with Gasteiger partial charge >= 0.3 is 5.97 Å². The number of hydrogen-bond donors (Lipinski definition) is 1. The zero-order chi connectivity index (χ0) is 14.0. The van der Waals surface area contributed by atoms with E-state index in [2.05, 4.69) is 0 Å². The van der Waals surface area contributed by atoms with E-state index < -0.39 is 24.0 Å². The lowest BCUT2D eigenvalue weighted by atomic mass is 10.2. The average Bonchev–Trinajstić information content (AvgIpc) is 2.83. The van der Waals surface area contributed by atoms with E-state index in [1.54, 1.807) is 26.0 Å². The third kappa shape index (κ3) is 2.90. The summed E-state index contributed by atoms with van der Waals surface area (Å²) in [6.07, 6.45) is 2.11. The number of allylic oxidation sites excluding steroid dienone is 1. The lowest BCUT2D eigenvalue weighted by molar-refractivity contribution is -0.163. The quantitative estimate of drug-likeness (QED) is 0.615. The first-order chi connectivity index (χ1) is 8.94. The normalized spacial score (nSPS) is 30.2. The Labute approximate surface area is 111 Å². The van der Waals surface area contributed by atoms with E-state index >= 15 is 0 Å². The van der Waals surface area contributed by atoms with Gasteiger partial charge in [0.15, 0.2) is 17.7 Å². The van der Waals surface area contributed by atoms with E-state index in [4.69, 9.17) is 18.9 Å². The highest BCUT2D eigenvalue weighted by molar-refractivity contribution is 5.89. The molecular formula is C13H18O6. The van der Waals surface area contributed by atoms with Crippen LogP contribution in [0.2, 0.25) is 0 Å². The summed E-state index contributed by atoms with van der Waals surface area (Å²) >= 11 is 0. The van der Waals surface area contributed by atoms with Crippen LogP contribution < -0.4 is 0 Å². The van der Waals surface area contributed by atoms with Gasteiger partial charge in [-0.3, -0.25) is 0 Å². The summed E-state index contributed by atoms with van der Waals surface area (Å²) in [4.78, 5) is 11.6. The maximum atomic E-state index is 11.6. The average molecular weight is 270 g/mol. The van der Waals surface area contributed by atoms with Crippen molar-refractivity contribution in [3.63, 3.8) is 0 Å². The second-order valence-corrected chi connectivity index (χ2v) is 4.79. The van der Waals surface area contributed by atoms with Crippen molar-refractivity contribution in [2.24, 2.45) is 0 Å². The highest BCUT2D eigenvalue weighted by Gasteiger charge is 2.47. The Kier molecular flexibility index (Phi) is 3.82. The van der Waals surface area contributed by atoms with Crippen LogP contribution in [0.3, 0.4) is 0 Å². The predicted molar refractivity (Wildman–Crippen MR) is 65.2 cm³/mol. The molecule has 106 valence electrons. The molecule has 0 spiro atoms. The number of esters is 1. The van der Waals surface area contributed by atoms with Gasteiger partial charge < -0.3 is 24.1 Å². The fraction of sp³-hybridized carbons (Fsp3) is 0.615. The molecule has 0 aliphatic carbocycles. The molecule has 6 heteroatoms. The molecule has 0 saturated carbocycles. The van der Waals surface area contributed by atoms with Crippen LogP contribution in [0, 0.1) is 0 Å². The summed E-state index contributed by atoms with van der Waals surface area (Å²) in [5.41, 5.74) is 0. The number of carbonyl (C=O) groups is 1. The van der Waals surface area contributed by atoms with E-state index in [0.717, 1.165) is 0 Å². The zero-order valence-corrected chi connectivity index (χ0v) is 11.2. The lowest BCUT2D eigenvalue weighted by Crippen LogP contribution is -2.32. The first kappa shape index (κ1) is 13.9. The molecule has 2 atom stereocenters. The fourth-order valence-electron chi connectivity index (χ4n) is 1.94. The minimum Gasteiger partial charge on any atom is -0.505 e. The zero-order valence-electron chi connectivity index (χ0n) is 11.2. The van der Waals surface area contributed by atoms with Crippen LogP contribution >= 0.6 is 0 Å². The summed E-state index contributed by atoms with van der Waals surface area (Å²) in [6, 6.07) is 0. The highest BCUT2D eigenvalue weighted by Crippen LogP contribution is 2.32. The van der Waals surface area contributed by atoms with Crippen molar-refractivity contribution in [1.29, 1.82) is 0 Å². The van der Waals surface area contributed by atoms with E-state index in [1.165, 1.54) is 0 Å². The summed E-state index contributed by atoms with van der Waals surface area (Å²) in [6.45, 7) is 5.80. The molecule has 0 aromatic heterocycles. The van der Waals surface area contributed by atoms with Crippen molar-refractivity contribution in [2.75, 3.05) is 13.2 Å². The third-order valence-corrected chi connectivity index (χ3v) is 2.85. The third-order valence-electron chi connectivity index (χ3n) is 2.85. The largest absolute Gasteiger partial charge is 0.505 e. The van der Waals surface area contributed by atoms with Crippen molar-refractivity contribution in [3.8, 4) is 0 Å². The van der Waals surface area contributed by atoms with Gasteiger partial charge in [0.1, 0.15) is 12.7 Å². The van der Waals surface area contributed by atoms with Crippen LogP contribution in [0.15, 0.2) is 23.7 Å². The smallest absolute Gasteiger partial charge is 0.378 e. The maximum Gasteiger partial charge on any atom is 0.378 e. The Hall–Kier alpha value is -1.53. The second-order valence-electron chi connectivity index (χ2n) is 4.79. The number of ether oxygens (including phenoxy) is 4. The molecular weight excluding hydrogens is 252 g/mol. The Balaban J connectivity index is 2.06. The Morgan fingerprint density at radius 2 is 2.26 bits per heavy atom. The van der Waals surface area contributed by atoms with E-state index in [9.17, 15) is 9.90 Å². The molecule has 0 aromatic carbocycles. The van der Waals surface area contributed by atoms with Crippen molar-refractivity contribution in [3.05, 3.63) is 23.7 Å². The van der Waals surface area contributed by atoms with Crippen molar-refractivity contribution in [2.45, 2.75) is 38.8 Å². The van der Waals surface area contributed by atoms with Gasteiger partial charge in [0.2, 0.25) is 5.76 Å². The molecule has 6 nitrogen and oxygen atoms in total. The first-order valence-corrected chi connectivity index (χ1v) is 6.14. The number of aliphatic hydroxyl groups excluding tert-OH is 1. The van der Waals surface area contributed by atoms with Gasteiger partial charge in [-0.25, -0.2) is 4.79 Å². The number of carbonyl (C=O) groups excluding carboxylic acids is 1. The van der Waals surface area contributed by atoms with Crippen LogP contribution in [-0.4, -0.2) is 42.3 Å². The number of rotatable bonds is 4. The summed E-state index contributed by atoms with van der Waals surface area (Å²) in [7, 11) is 0. The van der Waals surface area contributed by atoms with E-state index in [0.29, 0.717) is 0 Å². The van der Waals surface area contributed by atoms with Gasteiger partial charge in [-0.15, -0.1) is 0 Å². The van der Waals surface area contributed by atoms with E-state index in [1.807, 2.05) is 6.92 Å². The molecule has 2 aliphatic rings. The Morgan fingerprint density at radius 3 is 2.84 bits per heavy atom. The number of cyclic esters (lactones) is 1. The maximum absolute atomic E-state index is 11.6. The Bertz CT molecular complexity index is 423. The lowest BCUT2D eigenvalue weighted by Gasteiger charge is -2.19. The standard InChI is InChI=1S/C13H18O6/c1-4-5-6-16-11-9(14)10(18-12(11)15)8-7-17-13(2,3)19-8/h4-5,8,10,14H,6-7H2,1-3H3/b5-4+/t8-,10+/m0/s1. The number of aliphatic hydroxyl groups is 1. The molecule has 0 unspecified atom stereocenters. The molecule has 19 heavy (non-hydrogen) atoms. The Morgan fingerprint density at radius 1 is 1.53 bits per heavy atom. The summed E-state index contributed by atoms with van der Waals surface area (Å²) < 4.78 is 21.2. The van der Waals surface area contributed by atoms with Crippen LogP contribution in [0.5, 0.6) is 0 Å². The van der Waals surface area contributed by atoms with Crippen LogP contribution in [0.4, 0.5) is 0 Å². The molecule has 2 aliphatic heterocycles. The van der Waals surface area contributed by atoms with E-state index in [-0.39, 0.29) is 24.7 Å². The van der Waals surface area contributed by atoms with Crippen molar-refractivity contribution < 1.29 is 28.8 Å². The molecule has 2 rings (SSSR count). The van der Waals surface area contributed by atoms with Crippen molar-refractivity contribution >= 4 is 5.97 Å². The molecule has 2 heterocycles. The first-order valence-electron chi connectivity index (χ1n) is 6.14. The van der Waals surface area contributed by atoms with Gasteiger partial charge in [-0.05, 0) is 20.8 Å². The van der Waals surface area contributed by atoms with Gasteiger partial charge in [-0.2, -0.15) is 0 Å². The minimum atomic E-state index is -0.866. The summed E-state index contributed by atoms with van der Waals surface area (Å²) in [5.74, 6) is -1.82. The predicted octanol–water partition coefficient (Wildman–Crippen LogP) is 1.43. The van der Waals surface area contributed by atoms with Gasteiger partial charge in [-0.1, -0.05) is 12.2 Å². The van der Waals surface area contributed by atoms with Crippen molar-refractivity contribution in [1.82, 2.24) is 0 Å².